The second-order valence-corrected chi connectivity index (χ2v) is 4.89. The quantitative estimate of drug-likeness (QED) is 0.738. The van der Waals surface area contributed by atoms with Gasteiger partial charge in [-0.05, 0) is 37.0 Å². The van der Waals surface area contributed by atoms with E-state index >= 15 is 0 Å². The molecule has 2 aromatic rings. The topological polar surface area (TPSA) is 36.1 Å². The minimum Gasteiger partial charge on any atom is -0.350 e. The van der Waals surface area contributed by atoms with E-state index in [0.717, 1.165) is 24.2 Å². The summed E-state index contributed by atoms with van der Waals surface area (Å²) in [6, 6.07) is 4.26. The van der Waals surface area contributed by atoms with Crippen molar-refractivity contribution in [2.24, 2.45) is 0 Å². The Labute approximate surface area is 100 Å². The van der Waals surface area contributed by atoms with Crippen molar-refractivity contribution in [1.82, 2.24) is 9.88 Å². The third-order valence-electron chi connectivity index (χ3n) is 3.87. The van der Waals surface area contributed by atoms with Crippen molar-refractivity contribution in [2.45, 2.75) is 20.3 Å². The molecule has 0 unspecified atom stereocenters. The Morgan fingerprint density at radius 2 is 2.06 bits per heavy atom. The van der Waals surface area contributed by atoms with Crippen molar-refractivity contribution in [3.05, 3.63) is 34.5 Å². The van der Waals surface area contributed by atoms with Crippen LogP contribution in [-0.2, 0) is 6.42 Å². The number of carbonyl (C=O) groups is 1. The van der Waals surface area contributed by atoms with E-state index in [4.69, 9.17) is 0 Å². The lowest BCUT2D eigenvalue weighted by atomic mass is 10.0. The van der Waals surface area contributed by atoms with Crippen LogP contribution >= 0.6 is 0 Å². The fourth-order valence-electron chi connectivity index (χ4n) is 2.58. The smallest absolute Gasteiger partial charge is 0.270 e. The standard InChI is InChI=1S/C14H16N2O/c1-8-4-5-10-11-6-7-16(3)14(17)13(11)15-12(10)9(8)2/h4-5,15H,6-7H2,1-3H3. The summed E-state index contributed by atoms with van der Waals surface area (Å²) in [5.74, 6) is 0.111. The van der Waals surface area contributed by atoms with Crippen molar-refractivity contribution in [3.63, 3.8) is 0 Å². The number of aromatic amines is 1. The van der Waals surface area contributed by atoms with Gasteiger partial charge < -0.3 is 9.88 Å². The molecule has 1 N–H and O–H groups in total. The molecule has 0 saturated carbocycles. The highest BCUT2D eigenvalue weighted by Crippen LogP contribution is 2.30. The van der Waals surface area contributed by atoms with Crippen LogP contribution in [0.25, 0.3) is 10.9 Å². The maximum atomic E-state index is 12.1. The number of hydrogen-bond acceptors (Lipinski definition) is 1. The fraction of sp³-hybridized carbons (Fsp3) is 0.357. The molecule has 3 nitrogen and oxygen atoms in total. The summed E-state index contributed by atoms with van der Waals surface area (Å²) in [5, 5.41) is 1.21. The molecule has 0 atom stereocenters. The Balaban J connectivity index is 2.35. The van der Waals surface area contributed by atoms with Gasteiger partial charge >= 0.3 is 0 Å². The summed E-state index contributed by atoms with van der Waals surface area (Å²) >= 11 is 0. The first-order valence-electron chi connectivity index (χ1n) is 5.96. The predicted octanol–water partition coefficient (Wildman–Crippen LogP) is 2.41. The molecule has 0 aliphatic carbocycles. The number of rotatable bonds is 0. The van der Waals surface area contributed by atoms with Crippen molar-refractivity contribution < 1.29 is 4.79 Å². The fourth-order valence-corrected chi connectivity index (χ4v) is 2.58. The van der Waals surface area contributed by atoms with Crippen molar-refractivity contribution in [2.75, 3.05) is 13.6 Å². The van der Waals surface area contributed by atoms with Gasteiger partial charge in [-0.1, -0.05) is 12.1 Å². The maximum Gasteiger partial charge on any atom is 0.270 e. The third-order valence-corrected chi connectivity index (χ3v) is 3.87. The highest BCUT2D eigenvalue weighted by Gasteiger charge is 2.25. The van der Waals surface area contributed by atoms with Crippen LogP contribution < -0.4 is 0 Å². The van der Waals surface area contributed by atoms with Crippen molar-refractivity contribution in [3.8, 4) is 0 Å². The molecule has 1 amide bonds. The Hall–Kier alpha value is -1.77. The van der Waals surface area contributed by atoms with Crippen LogP contribution in [0.3, 0.4) is 0 Å². The molecule has 3 rings (SSSR count). The van der Waals surface area contributed by atoms with E-state index in [1.165, 1.54) is 22.1 Å². The van der Waals surface area contributed by atoms with E-state index in [0.29, 0.717) is 0 Å². The lowest BCUT2D eigenvalue weighted by molar-refractivity contribution is 0.0776. The highest BCUT2D eigenvalue weighted by molar-refractivity contribution is 6.02. The van der Waals surface area contributed by atoms with Gasteiger partial charge in [0, 0.05) is 24.5 Å². The van der Waals surface area contributed by atoms with Crippen LogP contribution in [0.15, 0.2) is 12.1 Å². The zero-order valence-electron chi connectivity index (χ0n) is 10.4. The number of hydrogen-bond donors (Lipinski definition) is 1. The summed E-state index contributed by atoms with van der Waals surface area (Å²) in [7, 11) is 1.86. The molecule has 88 valence electrons. The second-order valence-electron chi connectivity index (χ2n) is 4.89. The number of H-pyrrole nitrogens is 1. The highest BCUT2D eigenvalue weighted by atomic mass is 16.2. The average molecular weight is 228 g/mol. The van der Waals surface area contributed by atoms with Gasteiger partial charge in [0.05, 0.1) is 0 Å². The van der Waals surface area contributed by atoms with Crippen LogP contribution in [0.2, 0.25) is 0 Å². The van der Waals surface area contributed by atoms with E-state index in [1.807, 2.05) is 7.05 Å². The minimum atomic E-state index is 0.111. The lowest BCUT2D eigenvalue weighted by Gasteiger charge is -2.22. The molecule has 3 heteroatoms. The van der Waals surface area contributed by atoms with E-state index in [2.05, 4.69) is 31.0 Å². The summed E-state index contributed by atoms with van der Waals surface area (Å²) in [5.41, 5.74) is 5.59. The summed E-state index contributed by atoms with van der Waals surface area (Å²) in [6.07, 6.45) is 0.945. The number of aromatic nitrogens is 1. The SMILES string of the molecule is Cc1ccc2c3c([nH]c2c1C)C(=O)N(C)CC3. The van der Waals surface area contributed by atoms with Gasteiger partial charge in [-0.3, -0.25) is 4.79 Å². The van der Waals surface area contributed by atoms with Crippen LogP contribution in [0, 0.1) is 13.8 Å². The number of likely N-dealkylation sites (N-methyl/N-ethyl adjacent to an activating group) is 1. The number of amides is 1. The van der Waals surface area contributed by atoms with Gasteiger partial charge in [0.2, 0.25) is 0 Å². The molecule has 17 heavy (non-hydrogen) atoms. The Kier molecular flexibility index (Phi) is 2.05. The van der Waals surface area contributed by atoms with E-state index in [9.17, 15) is 4.79 Å². The predicted molar refractivity (Wildman–Crippen MR) is 68.4 cm³/mol. The monoisotopic (exact) mass is 228 g/mol. The average Bonchev–Trinajstić information content (AvgIpc) is 2.69. The first-order chi connectivity index (χ1) is 8.09. The largest absolute Gasteiger partial charge is 0.350 e. The van der Waals surface area contributed by atoms with Crippen LogP contribution in [0.1, 0.15) is 27.2 Å². The molecule has 1 aliphatic heterocycles. The number of carbonyl (C=O) groups excluding carboxylic acids is 1. The summed E-state index contributed by atoms with van der Waals surface area (Å²) in [6.45, 7) is 5.02. The Morgan fingerprint density at radius 1 is 1.29 bits per heavy atom. The van der Waals surface area contributed by atoms with Gasteiger partial charge in [0.1, 0.15) is 5.69 Å². The molecule has 1 aromatic carbocycles. The number of fused-ring (bicyclic) bond motifs is 3. The number of nitrogens with zero attached hydrogens (tertiary/aromatic N) is 1. The molecule has 0 fully saturated rings. The zero-order chi connectivity index (χ0) is 12.2. The minimum absolute atomic E-state index is 0.111. The van der Waals surface area contributed by atoms with E-state index in [-0.39, 0.29) is 5.91 Å². The molecule has 2 heterocycles. The van der Waals surface area contributed by atoms with Gasteiger partial charge in [0.25, 0.3) is 5.91 Å². The molecule has 0 spiro atoms. The zero-order valence-corrected chi connectivity index (χ0v) is 10.4. The van der Waals surface area contributed by atoms with Crippen molar-refractivity contribution >= 4 is 16.8 Å². The lowest BCUT2D eigenvalue weighted by Crippen LogP contribution is -2.33. The van der Waals surface area contributed by atoms with Crippen LogP contribution in [0.4, 0.5) is 0 Å². The number of aryl methyl sites for hydroxylation is 2. The first kappa shape index (κ1) is 10.4. The molecule has 0 radical (unpaired) electrons. The molecular formula is C14H16N2O. The van der Waals surface area contributed by atoms with Crippen LogP contribution in [-0.4, -0.2) is 29.4 Å². The first-order valence-corrected chi connectivity index (χ1v) is 5.96. The molecular weight excluding hydrogens is 212 g/mol. The van der Waals surface area contributed by atoms with Crippen LogP contribution in [0.5, 0.6) is 0 Å². The normalized spacial score (nSPS) is 15.5. The van der Waals surface area contributed by atoms with Gasteiger partial charge in [0.15, 0.2) is 0 Å². The number of nitrogens with one attached hydrogen (secondary N) is 1. The third kappa shape index (κ3) is 1.32. The van der Waals surface area contributed by atoms with Crippen molar-refractivity contribution in [1.29, 1.82) is 0 Å². The Bertz CT molecular complexity index is 625. The van der Waals surface area contributed by atoms with E-state index in [1.54, 1.807) is 4.90 Å². The molecule has 1 aliphatic rings. The van der Waals surface area contributed by atoms with Gasteiger partial charge in [-0.25, -0.2) is 0 Å². The van der Waals surface area contributed by atoms with Gasteiger partial charge in [-0.15, -0.1) is 0 Å². The van der Waals surface area contributed by atoms with E-state index < -0.39 is 0 Å². The Morgan fingerprint density at radius 3 is 2.82 bits per heavy atom. The number of benzene rings is 1. The molecule has 1 aromatic heterocycles. The second kappa shape index (κ2) is 3.36. The van der Waals surface area contributed by atoms with Gasteiger partial charge in [-0.2, -0.15) is 0 Å². The maximum absolute atomic E-state index is 12.1. The molecule has 0 saturated heterocycles. The molecule has 0 bridgehead atoms. The summed E-state index contributed by atoms with van der Waals surface area (Å²) in [4.78, 5) is 17.2. The summed E-state index contributed by atoms with van der Waals surface area (Å²) < 4.78 is 0.